The molecule has 1 rings (SSSR count). The lowest BCUT2D eigenvalue weighted by Gasteiger charge is -2.10. The average Bonchev–Trinajstić information content (AvgIpc) is 2.41. The maximum atomic E-state index is 10.8. The molecule has 0 unspecified atom stereocenters. The fraction of sp³-hybridized carbons (Fsp3) is 0.571. The molecule has 6 nitrogen and oxygen atoms in total. The van der Waals surface area contributed by atoms with Gasteiger partial charge in [-0.05, 0) is 27.1 Å². The van der Waals surface area contributed by atoms with Crippen LogP contribution in [0.1, 0.15) is 5.56 Å². The highest BCUT2D eigenvalue weighted by Crippen LogP contribution is 2.17. The number of likely N-dealkylation sites (N-methyl/N-ethyl adjacent to an activating group) is 1. The van der Waals surface area contributed by atoms with Gasteiger partial charge < -0.3 is 15.0 Å². The van der Waals surface area contributed by atoms with Crippen LogP contribution in [-0.2, 0) is 11.2 Å². The minimum atomic E-state index is -0.334. The van der Waals surface area contributed by atoms with Crippen LogP contribution in [0.25, 0.3) is 0 Å². The number of hydrogen-bond donors (Lipinski definition) is 1. The number of para-hydroxylation sites is 1. The Morgan fingerprint density at radius 2 is 2.00 bits per heavy atom. The van der Waals surface area contributed by atoms with Crippen LogP contribution in [0.4, 0.5) is 5.69 Å². The van der Waals surface area contributed by atoms with Gasteiger partial charge >= 0.3 is 0 Å². The zero-order chi connectivity index (χ0) is 14.8. The molecule has 20 heavy (non-hydrogen) atoms. The Kier molecular flexibility index (Phi) is 7.79. The largest absolute Gasteiger partial charge is 0.379 e. The second-order valence-corrected chi connectivity index (χ2v) is 4.80. The molecule has 0 bridgehead atoms. The molecular formula is C14H23N3O3. The number of rotatable bonds is 10. The third-order valence-corrected chi connectivity index (χ3v) is 2.87. The van der Waals surface area contributed by atoms with Gasteiger partial charge in [-0.3, -0.25) is 10.1 Å². The van der Waals surface area contributed by atoms with Crippen molar-refractivity contribution in [3.05, 3.63) is 39.9 Å². The van der Waals surface area contributed by atoms with Crippen LogP contribution in [0.5, 0.6) is 0 Å². The lowest BCUT2D eigenvalue weighted by Crippen LogP contribution is -2.24. The maximum Gasteiger partial charge on any atom is 0.272 e. The van der Waals surface area contributed by atoms with Crippen molar-refractivity contribution in [3.8, 4) is 0 Å². The summed E-state index contributed by atoms with van der Waals surface area (Å²) in [5, 5.41) is 14.1. The van der Waals surface area contributed by atoms with Crippen molar-refractivity contribution < 1.29 is 9.66 Å². The summed E-state index contributed by atoms with van der Waals surface area (Å²) in [6.45, 7) is 3.76. The molecule has 0 aliphatic rings. The summed E-state index contributed by atoms with van der Waals surface area (Å²) in [6.07, 6.45) is 0.648. The van der Waals surface area contributed by atoms with E-state index in [1.54, 1.807) is 18.2 Å². The van der Waals surface area contributed by atoms with Gasteiger partial charge in [-0.25, -0.2) is 0 Å². The molecule has 0 radical (unpaired) electrons. The first-order valence-electron chi connectivity index (χ1n) is 6.76. The highest BCUT2D eigenvalue weighted by molar-refractivity contribution is 5.39. The van der Waals surface area contributed by atoms with Crippen molar-refractivity contribution in [1.82, 2.24) is 10.2 Å². The van der Waals surface area contributed by atoms with Crippen molar-refractivity contribution in [2.45, 2.75) is 6.42 Å². The monoisotopic (exact) mass is 281 g/mol. The van der Waals surface area contributed by atoms with Crippen molar-refractivity contribution in [1.29, 1.82) is 0 Å². The first-order valence-corrected chi connectivity index (χ1v) is 6.76. The summed E-state index contributed by atoms with van der Waals surface area (Å²) in [6, 6.07) is 6.85. The molecule has 0 fully saturated rings. The molecule has 0 heterocycles. The van der Waals surface area contributed by atoms with Crippen molar-refractivity contribution >= 4 is 5.69 Å². The average molecular weight is 281 g/mol. The number of nitrogens with one attached hydrogen (secondary N) is 1. The number of ether oxygens (including phenoxy) is 1. The fourth-order valence-corrected chi connectivity index (χ4v) is 1.74. The third kappa shape index (κ3) is 6.60. The summed E-state index contributed by atoms with van der Waals surface area (Å²) < 4.78 is 5.45. The Bertz CT molecular complexity index is 410. The van der Waals surface area contributed by atoms with Crippen LogP contribution in [0.15, 0.2) is 24.3 Å². The lowest BCUT2D eigenvalue weighted by atomic mass is 10.1. The molecule has 0 aromatic heterocycles. The third-order valence-electron chi connectivity index (χ3n) is 2.87. The lowest BCUT2D eigenvalue weighted by molar-refractivity contribution is -0.385. The quantitative estimate of drug-likeness (QED) is 0.398. The molecule has 0 saturated carbocycles. The van der Waals surface area contributed by atoms with Gasteiger partial charge in [0.1, 0.15) is 0 Å². The smallest absolute Gasteiger partial charge is 0.272 e. The number of nitrogens with zero attached hydrogens (tertiary/aromatic N) is 2. The summed E-state index contributed by atoms with van der Waals surface area (Å²) in [7, 11) is 4.02. The Morgan fingerprint density at radius 1 is 1.25 bits per heavy atom. The number of hydrogen-bond acceptors (Lipinski definition) is 5. The van der Waals surface area contributed by atoms with Gasteiger partial charge in [0, 0.05) is 24.7 Å². The van der Waals surface area contributed by atoms with Gasteiger partial charge in [0.25, 0.3) is 5.69 Å². The summed E-state index contributed by atoms with van der Waals surface area (Å²) in [5.41, 5.74) is 0.954. The zero-order valence-corrected chi connectivity index (χ0v) is 12.2. The molecule has 0 aliphatic carbocycles. The predicted octanol–water partition coefficient (Wildman–Crippen LogP) is 1.31. The highest BCUT2D eigenvalue weighted by Gasteiger charge is 2.10. The van der Waals surface area contributed by atoms with E-state index in [0.717, 1.165) is 25.3 Å². The van der Waals surface area contributed by atoms with Crippen LogP contribution < -0.4 is 5.32 Å². The SMILES string of the molecule is CN(C)CCOCCNCCc1ccccc1[N+](=O)[O-]. The molecule has 0 amide bonds. The van der Waals surface area contributed by atoms with Crippen molar-refractivity contribution in [3.63, 3.8) is 0 Å². The Balaban J connectivity index is 2.14. The molecule has 1 aromatic rings. The van der Waals surface area contributed by atoms with E-state index in [4.69, 9.17) is 4.74 Å². The molecule has 1 aromatic carbocycles. The maximum absolute atomic E-state index is 10.8. The predicted molar refractivity (Wildman–Crippen MR) is 79.0 cm³/mol. The molecule has 1 N–H and O–H groups in total. The van der Waals surface area contributed by atoms with Gasteiger partial charge in [0.2, 0.25) is 0 Å². The minimum Gasteiger partial charge on any atom is -0.379 e. The van der Waals surface area contributed by atoms with Gasteiger partial charge in [0.15, 0.2) is 0 Å². The standard InChI is InChI=1S/C14H23N3O3/c1-16(2)10-12-20-11-9-15-8-7-13-5-3-4-6-14(13)17(18)19/h3-6,15H,7-12H2,1-2H3. The van der Waals surface area contributed by atoms with Crippen LogP contribution in [0.2, 0.25) is 0 Å². The minimum absolute atomic E-state index is 0.191. The van der Waals surface area contributed by atoms with Crippen molar-refractivity contribution in [2.24, 2.45) is 0 Å². The summed E-state index contributed by atoms with van der Waals surface area (Å²) in [5.74, 6) is 0. The highest BCUT2D eigenvalue weighted by atomic mass is 16.6. The molecule has 0 spiro atoms. The normalized spacial score (nSPS) is 10.9. The molecule has 112 valence electrons. The molecular weight excluding hydrogens is 258 g/mol. The van der Waals surface area contributed by atoms with Crippen molar-refractivity contribution in [2.75, 3.05) is 46.9 Å². The molecule has 0 atom stereocenters. The molecule has 0 saturated heterocycles. The fourth-order valence-electron chi connectivity index (χ4n) is 1.74. The first-order chi connectivity index (χ1) is 9.61. The van der Waals surface area contributed by atoms with E-state index in [-0.39, 0.29) is 10.6 Å². The van der Waals surface area contributed by atoms with Gasteiger partial charge in [0.05, 0.1) is 18.1 Å². The summed E-state index contributed by atoms with van der Waals surface area (Å²) >= 11 is 0. The van der Waals surface area contributed by atoms with E-state index in [1.807, 2.05) is 20.2 Å². The molecule has 6 heteroatoms. The van der Waals surface area contributed by atoms with Gasteiger partial charge in [-0.15, -0.1) is 0 Å². The Labute approximate surface area is 119 Å². The Hall–Kier alpha value is -1.50. The van der Waals surface area contributed by atoms with Gasteiger partial charge in [-0.2, -0.15) is 0 Å². The van der Waals surface area contributed by atoms with Crippen LogP contribution in [-0.4, -0.2) is 56.8 Å². The van der Waals surface area contributed by atoms with E-state index in [0.29, 0.717) is 19.6 Å². The number of benzene rings is 1. The van der Waals surface area contributed by atoms with Crippen LogP contribution in [0, 0.1) is 10.1 Å². The van der Waals surface area contributed by atoms with E-state index in [9.17, 15) is 10.1 Å². The van der Waals surface area contributed by atoms with Crippen LogP contribution >= 0.6 is 0 Å². The van der Waals surface area contributed by atoms with E-state index >= 15 is 0 Å². The van der Waals surface area contributed by atoms with E-state index in [1.165, 1.54) is 0 Å². The first kappa shape index (κ1) is 16.6. The van der Waals surface area contributed by atoms with E-state index < -0.39 is 0 Å². The van der Waals surface area contributed by atoms with Crippen LogP contribution in [0.3, 0.4) is 0 Å². The number of nitro benzene ring substituents is 1. The Morgan fingerprint density at radius 3 is 2.70 bits per heavy atom. The second-order valence-electron chi connectivity index (χ2n) is 4.80. The second kappa shape index (κ2) is 9.41. The number of nitro groups is 1. The summed E-state index contributed by atoms with van der Waals surface area (Å²) in [4.78, 5) is 12.6. The topological polar surface area (TPSA) is 67.6 Å². The van der Waals surface area contributed by atoms with Gasteiger partial charge in [-0.1, -0.05) is 18.2 Å². The zero-order valence-electron chi connectivity index (χ0n) is 12.2. The molecule has 0 aliphatic heterocycles. The van der Waals surface area contributed by atoms with E-state index in [2.05, 4.69) is 10.2 Å².